The minimum absolute atomic E-state index is 0.198. The van der Waals surface area contributed by atoms with Gasteiger partial charge in [0.05, 0.1) is 11.7 Å². The molecule has 1 aromatic heterocycles. The van der Waals surface area contributed by atoms with Crippen molar-refractivity contribution in [1.82, 2.24) is 10.2 Å². The third kappa shape index (κ3) is 3.99. The molecule has 2 saturated heterocycles. The lowest BCUT2D eigenvalue weighted by Gasteiger charge is -2.44. The number of nitrogens with zero attached hydrogens (tertiary/aromatic N) is 3. The van der Waals surface area contributed by atoms with E-state index in [1.807, 2.05) is 0 Å². The lowest BCUT2D eigenvalue weighted by atomic mass is 9.86. The zero-order valence-corrected chi connectivity index (χ0v) is 18.1. The largest absolute Gasteiger partial charge is 0.328 e. The van der Waals surface area contributed by atoms with Crippen LogP contribution in [-0.2, 0) is 6.54 Å². The minimum Gasteiger partial charge on any atom is -0.296 e. The summed E-state index contributed by atoms with van der Waals surface area (Å²) in [5, 5.41) is 7.17. The zero-order valence-electron chi connectivity index (χ0n) is 17.3. The van der Waals surface area contributed by atoms with E-state index >= 15 is 0 Å². The molecule has 2 aromatic rings. The molecule has 1 atom stereocenters. The van der Waals surface area contributed by atoms with E-state index in [0.717, 1.165) is 51.3 Å². The van der Waals surface area contributed by atoms with Crippen LogP contribution in [0, 0.1) is 11.6 Å². The number of rotatable bonds is 4. The molecule has 0 bridgehead atoms. The Kier molecular flexibility index (Phi) is 5.52. The molecule has 1 N–H and O–H groups in total. The first-order valence-electron chi connectivity index (χ1n) is 10.9. The maximum Gasteiger partial charge on any atom is 0.328 e. The van der Waals surface area contributed by atoms with Gasteiger partial charge in [0.25, 0.3) is 0 Å². The molecule has 164 valence electrons. The van der Waals surface area contributed by atoms with Gasteiger partial charge in [0.1, 0.15) is 23.0 Å². The fourth-order valence-corrected chi connectivity index (χ4v) is 5.91. The van der Waals surface area contributed by atoms with Crippen molar-refractivity contribution >= 4 is 28.9 Å². The van der Waals surface area contributed by atoms with E-state index in [1.165, 1.54) is 17.7 Å². The highest BCUT2D eigenvalue weighted by Gasteiger charge is 2.54. The lowest BCUT2D eigenvalue weighted by Crippen LogP contribution is -2.60. The molecule has 1 spiro atoms. The van der Waals surface area contributed by atoms with Gasteiger partial charge in [0, 0.05) is 19.2 Å². The third-order valence-corrected chi connectivity index (χ3v) is 7.31. The van der Waals surface area contributed by atoms with Crippen molar-refractivity contribution in [3.8, 4) is 0 Å². The molecular formula is C23H26F2N4OS. The molecule has 1 unspecified atom stereocenters. The molecule has 1 aromatic carbocycles. The van der Waals surface area contributed by atoms with Gasteiger partial charge in [-0.25, -0.2) is 13.6 Å². The zero-order chi connectivity index (χ0) is 21.4. The van der Waals surface area contributed by atoms with Gasteiger partial charge in [-0.2, -0.15) is 11.3 Å². The monoisotopic (exact) mass is 444 g/mol. The number of amidine groups is 1. The van der Waals surface area contributed by atoms with Gasteiger partial charge in [-0.3, -0.25) is 20.1 Å². The summed E-state index contributed by atoms with van der Waals surface area (Å²) in [6, 6.07) is 5.25. The smallest absolute Gasteiger partial charge is 0.296 e. The number of carbonyl (C=O) groups is 1. The van der Waals surface area contributed by atoms with Gasteiger partial charge < -0.3 is 0 Å². The van der Waals surface area contributed by atoms with E-state index in [0.29, 0.717) is 18.8 Å². The molecule has 3 heterocycles. The van der Waals surface area contributed by atoms with Crippen LogP contribution in [-0.4, -0.2) is 41.4 Å². The van der Waals surface area contributed by atoms with Crippen LogP contribution in [0.4, 0.5) is 19.3 Å². The Morgan fingerprint density at radius 3 is 2.65 bits per heavy atom. The molecule has 3 fully saturated rings. The standard InChI is InChI=1S/C23H26F2N4OS/c24-17-10-18(25)12-20(11-17)29-22(30)27-21(26-19-4-1-2-5-19)23(29)7-3-8-28(15-23)13-16-6-9-31-14-16/h6,9-12,14,19H,1-5,7-8,13,15H2,(H,26,27,30). The van der Waals surface area contributed by atoms with Crippen molar-refractivity contribution in [2.75, 3.05) is 18.0 Å². The van der Waals surface area contributed by atoms with Gasteiger partial charge in [0.2, 0.25) is 0 Å². The summed E-state index contributed by atoms with van der Waals surface area (Å²) in [6.45, 7) is 2.26. The van der Waals surface area contributed by atoms with Crippen LogP contribution in [0.5, 0.6) is 0 Å². The van der Waals surface area contributed by atoms with Crippen LogP contribution in [0.15, 0.2) is 40.0 Å². The van der Waals surface area contributed by atoms with Crippen LogP contribution in [0.2, 0.25) is 0 Å². The summed E-state index contributed by atoms with van der Waals surface area (Å²) in [6.07, 6.45) is 5.90. The van der Waals surface area contributed by atoms with Crippen molar-refractivity contribution in [3.63, 3.8) is 0 Å². The number of likely N-dealkylation sites (tertiary alicyclic amines) is 1. The van der Waals surface area contributed by atoms with E-state index in [4.69, 9.17) is 4.99 Å². The number of nitrogens with one attached hydrogen (secondary N) is 1. The highest BCUT2D eigenvalue weighted by molar-refractivity contribution is 7.07. The second kappa shape index (κ2) is 8.31. The number of benzene rings is 1. The van der Waals surface area contributed by atoms with Gasteiger partial charge in [-0.15, -0.1) is 0 Å². The van der Waals surface area contributed by atoms with Crippen LogP contribution >= 0.6 is 11.3 Å². The molecule has 1 saturated carbocycles. The van der Waals surface area contributed by atoms with E-state index < -0.39 is 17.2 Å². The number of thiophene rings is 1. The number of aliphatic imine (C=N–C) groups is 1. The van der Waals surface area contributed by atoms with Crippen molar-refractivity contribution in [1.29, 1.82) is 0 Å². The molecule has 2 aliphatic heterocycles. The average molecular weight is 445 g/mol. The Morgan fingerprint density at radius 2 is 1.94 bits per heavy atom. The van der Waals surface area contributed by atoms with Crippen LogP contribution < -0.4 is 10.2 Å². The SMILES string of the molecule is O=C1NC(=NC2CCCC2)C2(CCCN(Cc3ccsc3)C2)N1c1cc(F)cc(F)c1. The number of anilines is 1. The second-order valence-electron chi connectivity index (χ2n) is 8.79. The number of carbonyl (C=O) groups excluding carboxylic acids is 1. The fourth-order valence-electron chi connectivity index (χ4n) is 5.25. The van der Waals surface area contributed by atoms with Gasteiger partial charge >= 0.3 is 6.03 Å². The minimum atomic E-state index is -0.742. The quantitative estimate of drug-likeness (QED) is 0.727. The van der Waals surface area contributed by atoms with E-state index in [1.54, 1.807) is 16.2 Å². The summed E-state index contributed by atoms with van der Waals surface area (Å²) in [7, 11) is 0. The Hall–Kier alpha value is -2.32. The maximum atomic E-state index is 14.1. The molecule has 3 aliphatic rings. The molecule has 31 heavy (non-hydrogen) atoms. The lowest BCUT2D eigenvalue weighted by molar-refractivity contribution is 0.176. The number of piperidine rings is 1. The molecule has 8 heteroatoms. The summed E-state index contributed by atoms with van der Waals surface area (Å²) in [5.74, 6) is -0.723. The predicted molar refractivity (Wildman–Crippen MR) is 119 cm³/mol. The van der Waals surface area contributed by atoms with Crippen molar-refractivity contribution in [3.05, 3.63) is 52.2 Å². The van der Waals surface area contributed by atoms with Crippen molar-refractivity contribution < 1.29 is 13.6 Å². The Balaban J connectivity index is 1.55. The van der Waals surface area contributed by atoms with E-state index in [2.05, 4.69) is 27.0 Å². The molecule has 5 nitrogen and oxygen atoms in total. The second-order valence-corrected chi connectivity index (χ2v) is 9.57. The number of halogens is 2. The number of amides is 2. The maximum absolute atomic E-state index is 14.1. The highest BCUT2D eigenvalue weighted by atomic mass is 32.1. The van der Waals surface area contributed by atoms with Crippen LogP contribution in [0.1, 0.15) is 44.1 Å². The predicted octanol–water partition coefficient (Wildman–Crippen LogP) is 4.93. The first-order chi connectivity index (χ1) is 15.0. The third-order valence-electron chi connectivity index (χ3n) is 6.58. The van der Waals surface area contributed by atoms with Crippen molar-refractivity contribution in [2.45, 2.75) is 56.7 Å². The van der Waals surface area contributed by atoms with Crippen molar-refractivity contribution in [2.24, 2.45) is 4.99 Å². The molecular weight excluding hydrogens is 418 g/mol. The highest BCUT2D eigenvalue weighted by Crippen LogP contribution is 2.38. The Bertz CT molecular complexity index is 969. The van der Waals surface area contributed by atoms with Gasteiger partial charge in [-0.05, 0) is 66.8 Å². The summed E-state index contributed by atoms with van der Waals surface area (Å²) < 4.78 is 28.2. The fraction of sp³-hybridized carbons (Fsp3) is 0.478. The number of hydrogen-bond acceptors (Lipinski definition) is 4. The normalized spacial score (nSPS) is 26.3. The summed E-state index contributed by atoms with van der Waals surface area (Å²) in [4.78, 5) is 22.0. The molecule has 1 aliphatic carbocycles. The summed E-state index contributed by atoms with van der Waals surface area (Å²) in [5.41, 5.74) is 0.731. The van der Waals surface area contributed by atoms with E-state index in [-0.39, 0.29) is 17.8 Å². The topological polar surface area (TPSA) is 47.9 Å². The number of urea groups is 1. The first kappa shape index (κ1) is 20.6. The summed E-state index contributed by atoms with van der Waals surface area (Å²) >= 11 is 1.66. The Labute approximate surface area is 184 Å². The van der Waals surface area contributed by atoms with E-state index in [9.17, 15) is 13.6 Å². The van der Waals surface area contributed by atoms with Gasteiger partial charge in [-0.1, -0.05) is 12.8 Å². The van der Waals surface area contributed by atoms with Crippen LogP contribution in [0.25, 0.3) is 0 Å². The molecule has 0 radical (unpaired) electrons. The first-order valence-corrected chi connectivity index (χ1v) is 11.9. The van der Waals surface area contributed by atoms with Gasteiger partial charge in [0.15, 0.2) is 0 Å². The molecule has 2 amide bonds. The number of hydrogen-bond donors (Lipinski definition) is 1. The molecule has 5 rings (SSSR count). The Morgan fingerprint density at radius 1 is 1.16 bits per heavy atom. The average Bonchev–Trinajstić information content (AvgIpc) is 3.45. The van der Waals surface area contributed by atoms with Crippen LogP contribution in [0.3, 0.4) is 0 Å².